The smallest absolute Gasteiger partial charge is 0.256 e. The summed E-state index contributed by atoms with van der Waals surface area (Å²) in [6, 6.07) is 0. The number of fused-ring (bicyclic) bond motifs is 3. The van der Waals surface area contributed by atoms with Crippen molar-refractivity contribution in [1.82, 2.24) is 24.8 Å². The quantitative estimate of drug-likeness (QED) is 0.905. The maximum absolute atomic E-state index is 12.6. The number of carbonyl (C=O) groups is 2. The van der Waals surface area contributed by atoms with Crippen LogP contribution in [-0.4, -0.2) is 57.4 Å². The Bertz CT molecular complexity index is 821. The first-order valence-corrected chi connectivity index (χ1v) is 9.63. The molecule has 1 aliphatic heterocycles. The first-order valence-electron chi connectivity index (χ1n) is 9.63. The third kappa shape index (κ3) is 3.35. The molecule has 1 aliphatic carbocycles. The number of hydrogen-bond acceptors (Lipinski definition) is 5. The summed E-state index contributed by atoms with van der Waals surface area (Å²) in [4.78, 5) is 31.4. The van der Waals surface area contributed by atoms with Crippen LogP contribution < -0.4 is 5.32 Å². The molecule has 2 aromatic rings. The van der Waals surface area contributed by atoms with Gasteiger partial charge >= 0.3 is 0 Å². The summed E-state index contributed by atoms with van der Waals surface area (Å²) >= 11 is 0. The molecule has 2 aromatic heterocycles. The molecule has 7 nitrogen and oxygen atoms in total. The molecule has 4 rings (SSSR count). The van der Waals surface area contributed by atoms with Gasteiger partial charge in [0.1, 0.15) is 5.56 Å². The van der Waals surface area contributed by atoms with Gasteiger partial charge in [0, 0.05) is 25.7 Å². The molecule has 0 saturated carbocycles. The van der Waals surface area contributed by atoms with Gasteiger partial charge in [-0.25, -0.2) is 9.50 Å². The maximum atomic E-state index is 12.6. The number of carbonyl (C=O) groups excluding carboxylic acids is 2. The number of Topliss-reactive ketones (excluding diaryl/α,β-unsaturated/α-hetero) is 1. The molecular formula is C19H25N5O2. The molecule has 2 aliphatic rings. The van der Waals surface area contributed by atoms with E-state index >= 15 is 0 Å². The summed E-state index contributed by atoms with van der Waals surface area (Å²) in [5.74, 6) is -0.0380. The van der Waals surface area contributed by atoms with E-state index in [2.05, 4.69) is 20.3 Å². The first kappa shape index (κ1) is 17.1. The summed E-state index contributed by atoms with van der Waals surface area (Å²) in [5, 5.41) is 7.32. The van der Waals surface area contributed by atoms with Gasteiger partial charge in [-0.05, 0) is 38.8 Å². The molecule has 3 heterocycles. The van der Waals surface area contributed by atoms with E-state index in [0.29, 0.717) is 29.7 Å². The predicted octanol–water partition coefficient (Wildman–Crippen LogP) is 1.85. The number of aromatic nitrogens is 3. The van der Waals surface area contributed by atoms with Crippen molar-refractivity contribution in [3.8, 4) is 0 Å². The fraction of sp³-hybridized carbons (Fsp3) is 0.579. The molecule has 1 amide bonds. The second-order valence-corrected chi connectivity index (χ2v) is 7.20. The SMILES string of the molecule is O=C1CCCc2c1cnc1c(C(=O)NCCN3CCCCCC3)cnn21. The minimum Gasteiger partial charge on any atom is -0.351 e. The Morgan fingerprint density at radius 1 is 1.08 bits per heavy atom. The zero-order chi connectivity index (χ0) is 17.9. The average molecular weight is 355 g/mol. The minimum absolute atomic E-state index is 0.111. The van der Waals surface area contributed by atoms with Gasteiger partial charge in [0.2, 0.25) is 0 Å². The van der Waals surface area contributed by atoms with Crippen LogP contribution in [0.15, 0.2) is 12.4 Å². The minimum atomic E-state index is -0.149. The molecule has 0 unspecified atom stereocenters. The second kappa shape index (κ2) is 7.53. The number of nitrogens with one attached hydrogen (secondary N) is 1. The second-order valence-electron chi connectivity index (χ2n) is 7.20. The van der Waals surface area contributed by atoms with E-state index in [-0.39, 0.29) is 11.7 Å². The van der Waals surface area contributed by atoms with Gasteiger partial charge in [-0.15, -0.1) is 0 Å². The highest BCUT2D eigenvalue weighted by Gasteiger charge is 2.23. The molecule has 26 heavy (non-hydrogen) atoms. The number of ketones is 1. The standard InChI is InChI=1S/C19H25N5O2/c25-17-7-5-6-16-14(17)12-21-18-15(13-22-24(16)18)19(26)20-8-11-23-9-3-1-2-4-10-23/h12-13H,1-11H2,(H,20,26). The van der Waals surface area contributed by atoms with Crippen molar-refractivity contribution in [2.75, 3.05) is 26.2 Å². The van der Waals surface area contributed by atoms with Gasteiger partial charge in [0.25, 0.3) is 5.91 Å². The van der Waals surface area contributed by atoms with Crippen molar-refractivity contribution in [2.24, 2.45) is 0 Å². The van der Waals surface area contributed by atoms with E-state index in [9.17, 15) is 9.59 Å². The normalized spacial score (nSPS) is 18.5. The van der Waals surface area contributed by atoms with Gasteiger partial charge in [-0.2, -0.15) is 5.10 Å². The Hall–Kier alpha value is -2.28. The lowest BCUT2D eigenvalue weighted by Gasteiger charge is -2.19. The zero-order valence-electron chi connectivity index (χ0n) is 15.0. The Labute approximate surface area is 152 Å². The van der Waals surface area contributed by atoms with E-state index in [1.54, 1.807) is 16.9 Å². The van der Waals surface area contributed by atoms with Gasteiger partial charge in [0.05, 0.1) is 17.5 Å². The van der Waals surface area contributed by atoms with Gasteiger partial charge in [-0.1, -0.05) is 12.8 Å². The van der Waals surface area contributed by atoms with Crippen LogP contribution in [0.1, 0.15) is 64.9 Å². The lowest BCUT2D eigenvalue weighted by molar-refractivity contribution is 0.0948. The molecular weight excluding hydrogens is 330 g/mol. The number of likely N-dealkylation sites (tertiary alicyclic amines) is 1. The summed E-state index contributed by atoms with van der Waals surface area (Å²) < 4.78 is 1.66. The fourth-order valence-electron chi connectivity index (χ4n) is 3.95. The molecule has 1 fully saturated rings. The molecule has 0 radical (unpaired) electrons. The summed E-state index contributed by atoms with van der Waals surface area (Å²) in [6.07, 6.45) is 10.4. The van der Waals surface area contributed by atoms with Gasteiger partial charge < -0.3 is 10.2 Å². The monoisotopic (exact) mass is 355 g/mol. The molecule has 1 N–H and O–H groups in total. The third-order valence-corrected chi connectivity index (χ3v) is 5.40. The van der Waals surface area contributed by atoms with E-state index in [1.807, 2.05) is 0 Å². The highest BCUT2D eigenvalue weighted by atomic mass is 16.1. The predicted molar refractivity (Wildman–Crippen MR) is 97.5 cm³/mol. The Balaban J connectivity index is 1.45. The van der Waals surface area contributed by atoms with Crippen molar-refractivity contribution in [3.63, 3.8) is 0 Å². The largest absolute Gasteiger partial charge is 0.351 e. The van der Waals surface area contributed by atoms with Crippen LogP contribution in [0.4, 0.5) is 0 Å². The third-order valence-electron chi connectivity index (χ3n) is 5.40. The van der Waals surface area contributed by atoms with Crippen molar-refractivity contribution in [2.45, 2.75) is 44.9 Å². The van der Waals surface area contributed by atoms with Gasteiger partial charge in [-0.3, -0.25) is 9.59 Å². The van der Waals surface area contributed by atoms with E-state index in [0.717, 1.165) is 38.2 Å². The lowest BCUT2D eigenvalue weighted by atomic mass is 9.96. The highest BCUT2D eigenvalue weighted by molar-refractivity contribution is 6.01. The first-order chi connectivity index (χ1) is 12.7. The van der Waals surface area contributed by atoms with Crippen LogP contribution >= 0.6 is 0 Å². The van der Waals surface area contributed by atoms with Crippen LogP contribution in [-0.2, 0) is 6.42 Å². The molecule has 0 atom stereocenters. The summed E-state index contributed by atoms with van der Waals surface area (Å²) in [7, 11) is 0. The molecule has 138 valence electrons. The van der Waals surface area contributed by atoms with Gasteiger partial charge in [0.15, 0.2) is 11.4 Å². The van der Waals surface area contributed by atoms with Crippen molar-refractivity contribution >= 4 is 17.3 Å². The summed E-state index contributed by atoms with van der Waals surface area (Å²) in [5.41, 5.74) is 2.52. The van der Waals surface area contributed by atoms with Crippen LogP contribution in [0.3, 0.4) is 0 Å². The topological polar surface area (TPSA) is 79.6 Å². The fourth-order valence-corrected chi connectivity index (χ4v) is 3.95. The molecule has 7 heteroatoms. The lowest BCUT2D eigenvalue weighted by Crippen LogP contribution is -2.35. The van der Waals surface area contributed by atoms with Crippen LogP contribution in [0, 0.1) is 0 Å². The summed E-state index contributed by atoms with van der Waals surface area (Å²) in [6.45, 7) is 3.74. The number of rotatable bonds is 4. The number of aryl methyl sites for hydroxylation is 1. The van der Waals surface area contributed by atoms with E-state index < -0.39 is 0 Å². The van der Waals surface area contributed by atoms with E-state index in [4.69, 9.17) is 0 Å². The van der Waals surface area contributed by atoms with Crippen LogP contribution in [0.5, 0.6) is 0 Å². The molecule has 0 aromatic carbocycles. The van der Waals surface area contributed by atoms with Crippen molar-refractivity contribution < 1.29 is 9.59 Å². The molecule has 0 spiro atoms. The van der Waals surface area contributed by atoms with Crippen molar-refractivity contribution in [1.29, 1.82) is 0 Å². The molecule has 0 bridgehead atoms. The highest BCUT2D eigenvalue weighted by Crippen LogP contribution is 2.22. The number of hydrogen-bond donors (Lipinski definition) is 1. The van der Waals surface area contributed by atoms with Crippen LogP contribution in [0.25, 0.3) is 5.65 Å². The molecule has 1 saturated heterocycles. The number of amides is 1. The average Bonchev–Trinajstić information content (AvgIpc) is 2.92. The zero-order valence-corrected chi connectivity index (χ0v) is 15.0. The van der Waals surface area contributed by atoms with Crippen LogP contribution in [0.2, 0.25) is 0 Å². The Morgan fingerprint density at radius 3 is 2.69 bits per heavy atom. The Morgan fingerprint density at radius 2 is 1.88 bits per heavy atom. The number of nitrogens with zero attached hydrogens (tertiary/aromatic N) is 4. The van der Waals surface area contributed by atoms with E-state index in [1.165, 1.54) is 25.7 Å². The maximum Gasteiger partial charge on any atom is 0.256 e. The Kier molecular flexibility index (Phi) is 4.97. The van der Waals surface area contributed by atoms with Crippen molar-refractivity contribution in [3.05, 3.63) is 29.2 Å².